The van der Waals surface area contributed by atoms with E-state index in [4.69, 9.17) is 0 Å². The topological polar surface area (TPSA) is 76.0 Å². The first-order valence-electron chi connectivity index (χ1n) is 7.64. The van der Waals surface area contributed by atoms with E-state index in [1.807, 2.05) is 20.8 Å². The van der Waals surface area contributed by atoms with Gasteiger partial charge in [0, 0.05) is 12.6 Å². The SMILES string of the molecule is CCNCCn1nc(C)c(S(=O)(=O)NC(C)C2CC2)c1C. The second-order valence-corrected chi connectivity index (χ2v) is 7.47. The molecule has 1 saturated carbocycles. The average molecular weight is 314 g/mol. The molecule has 21 heavy (non-hydrogen) atoms. The van der Waals surface area contributed by atoms with Crippen LogP contribution in [0, 0.1) is 19.8 Å². The number of hydrogen-bond donors (Lipinski definition) is 2. The van der Waals surface area contributed by atoms with Gasteiger partial charge in [0.25, 0.3) is 0 Å². The molecule has 0 radical (unpaired) electrons. The Bertz CT molecular complexity index is 590. The van der Waals surface area contributed by atoms with Gasteiger partial charge in [0.1, 0.15) is 4.90 Å². The Hall–Kier alpha value is -0.920. The number of nitrogens with one attached hydrogen (secondary N) is 2. The Kier molecular flexibility index (Phi) is 5.06. The van der Waals surface area contributed by atoms with Gasteiger partial charge in [-0.15, -0.1) is 0 Å². The molecule has 0 saturated heterocycles. The van der Waals surface area contributed by atoms with Gasteiger partial charge >= 0.3 is 0 Å². The first-order chi connectivity index (χ1) is 9.86. The van der Waals surface area contributed by atoms with Gasteiger partial charge in [-0.05, 0) is 46.1 Å². The molecule has 1 aliphatic rings. The van der Waals surface area contributed by atoms with E-state index in [1.165, 1.54) is 0 Å². The van der Waals surface area contributed by atoms with Crippen molar-refractivity contribution in [2.75, 3.05) is 13.1 Å². The summed E-state index contributed by atoms with van der Waals surface area (Å²) < 4.78 is 29.7. The molecule has 0 aliphatic heterocycles. The highest BCUT2D eigenvalue weighted by Crippen LogP contribution is 2.33. The highest BCUT2D eigenvalue weighted by molar-refractivity contribution is 7.89. The molecule has 0 bridgehead atoms. The van der Waals surface area contributed by atoms with Crippen molar-refractivity contribution in [3.05, 3.63) is 11.4 Å². The van der Waals surface area contributed by atoms with Gasteiger partial charge in [-0.25, -0.2) is 13.1 Å². The summed E-state index contributed by atoms with van der Waals surface area (Å²) in [6.45, 7) is 9.91. The van der Waals surface area contributed by atoms with E-state index in [0.717, 1.165) is 25.9 Å². The normalized spacial score (nSPS) is 17.1. The van der Waals surface area contributed by atoms with Crippen LogP contribution in [0.5, 0.6) is 0 Å². The van der Waals surface area contributed by atoms with Gasteiger partial charge in [-0.3, -0.25) is 4.68 Å². The molecule has 1 aliphatic carbocycles. The molecule has 0 amide bonds. The molecule has 1 aromatic rings. The smallest absolute Gasteiger partial charge is 0.244 e. The van der Waals surface area contributed by atoms with Crippen LogP contribution in [0.1, 0.15) is 38.1 Å². The van der Waals surface area contributed by atoms with Crippen molar-refractivity contribution in [1.82, 2.24) is 19.8 Å². The second-order valence-electron chi connectivity index (χ2n) is 5.82. The van der Waals surface area contributed by atoms with Gasteiger partial charge in [0.15, 0.2) is 0 Å². The van der Waals surface area contributed by atoms with E-state index < -0.39 is 10.0 Å². The molecular formula is C14H26N4O2S. The number of likely N-dealkylation sites (N-methyl/N-ethyl adjacent to an activating group) is 1. The minimum atomic E-state index is -3.49. The largest absolute Gasteiger partial charge is 0.315 e. The molecule has 6 nitrogen and oxygen atoms in total. The molecular weight excluding hydrogens is 288 g/mol. The van der Waals surface area contributed by atoms with Gasteiger partial charge < -0.3 is 5.32 Å². The quantitative estimate of drug-likeness (QED) is 0.707. The Morgan fingerprint density at radius 3 is 2.62 bits per heavy atom. The first kappa shape index (κ1) is 16.5. The Balaban J connectivity index is 2.17. The second kappa shape index (κ2) is 6.46. The zero-order valence-corrected chi connectivity index (χ0v) is 14.1. The standard InChI is InChI=1S/C14H26N4O2S/c1-5-15-8-9-18-12(4)14(11(3)16-18)21(19,20)17-10(2)13-6-7-13/h10,13,15,17H,5-9H2,1-4H3. The van der Waals surface area contributed by atoms with Crippen molar-refractivity contribution in [2.45, 2.75) is 58.0 Å². The molecule has 2 N–H and O–H groups in total. The third-order valence-corrected chi connectivity index (χ3v) is 5.81. The van der Waals surface area contributed by atoms with Crippen LogP contribution in [0.3, 0.4) is 0 Å². The number of nitrogens with zero attached hydrogens (tertiary/aromatic N) is 2. The van der Waals surface area contributed by atoms with Crippen LogP contribution in [-0.4, -0.2) is 37.3 Å². The monoisotopic (exact) mass is 314 g/mol. The van der Waals surface area contributed by atoms with Crippen LogP contribution >= 0.6 is 0 Å². The van der Waals surface area contributed by atoms with Crippen LogP contribution < -0.4 is 10.0 Å². The van der Waals surface area contributed by atoms with E-state index in [1.54, 1.807) is 11.6 Å². The zero-order valence-electron chi connectivity index (χ0n) is 13.3. The van der Waals surface area contributed by atoms with Crippen LogP contribution in [0.4, 0.5) is 0 Å². The summed E-state index contributed by atoms with van der Waals surface area (Å²) in [7, 11) is -3.49. The van der Waals surface area contributed by atoms with E-state index in [9.17, 15) is 8.42 Å². The maximum atomic E-state index is 12.6. The molecule has 2 rings (SSSR count). The maximum Gasteiger partial charge on any atom is 0.244 e. The summed E-state index contributed by atoms with van der Waals surface area (Å²) in [4.78, 5) is 0.339. The van der Waals surface area contributed by atoms with E-state index in [2.05, 4.69) is 15.1 Å². The lowest BCUT2D eigenvalue weighted by atomic mass is 10.2. The zero-order chi connectivity index (χ0) is 15.6. The summed E-state index contributed by atoms with van der Waals surface area (Å²) in [5.74, 6) is 0.490. The fourth-order valence-electron chi connectivity index (χ4n) is 2.64. The van der Waals surface area contributed by atoms with Crippen molar-refractivity contribution in [2.24, 2.45) is 5.92 Å². The third kappa shape index (κ3) is 3.84. The van der Waals surface area contributed by atoms with Crippen molar-refractivity contribution in [3.63, 3.8) is 0 Å². The Morgan fingerprint density at radius 1 is 1.38 bits per heavy atom. The number of aromatic nitrogens is 2. The Morgan fingerprint density at radius 2 is 2.05 bits per heavy atom. The van der Waals surface area contributed by atoms with Gasteiger partial charge in [-0.1, -0.05) is 6.92 Å². The molecule has 1 atom stereocenters. The van der Waals surface area contributed by atoms with Crippen LogP contribution in [0.2, 0.25) is 0 Å². The minimum absolute atomic E-state index is 0.00101. The predicted molar refractivity (Wildman–Crippen MR) is 82.8 cm³/mol. The van der Waals surface area contributed by atoms with Crippen molar-refractivity contribution in [1.29, 1.82) is 0 Å². The lowest BCUT2D eigenvalue weighted by Gasteiger charge is -2.13. The summed E-state index contributed by atoms with van der Waals surface area (Å²) in [5.41, 5.74) is 1.28. The molecule has 1 unspecified atom stereocenters. The lowest BCUT2D eigenvalue weighted by molar-refractivity contribution is 0.534. The average Bonchev–Trinajstić information content (AvgIpc) is 3.17. The van der Waals surface area contributed by atoms with E-state index in [0.29, 0.717) is 28.7 Å². The predicted octanol–water partition coefficient (Wildman–Crippen LogP) is 1.19. The van der Waals surface area contributed by atoms with Crippen molar-refractivity contribution < 1.29 is 8.42 Å². The van der Waals surface area contributed by atoms with Crippen LogP contribution in [0.15, 0.2) is 4.90 Å². The van der Waals surface area contributed by atoms with Gasteiger partial charge in [0.2, 0.25) is 10.0 Å². The Labute approximate surface area is 127 Å². The molecule has 120 valence electrons. The highest BCUT2D eigenvalue weighted by atomic mass is 32.2. The molecule has 0 spiro atoms. The maximum absolute atomic E-state index is 12.6. The van der Waals surface area contributed by atoms with E-state index >= 15 is 0 Å². The lowest BCUT2D eigenvalue weighted by Crippen LogP contribution is -2.34. The third-order valence-electron chi connectivity index (χ3n) is 4.00. The number of sulfonamides is 1. The van der Waals surface area contributed by atoms with Crippen LogP contribution in [0.25, 0.3) is 0 Å². The van der Waals surface area contributed by atoms with Crippen molar-refractivity contribution in [3.8, 4) is 0 Å². The molecule has 7 heteroatoms. The molecule has 1 fully saturated rings. The van der Waals surface area contributed by atoms with Crippen LogP contribution in [-0.2, 0) is 16.6 Å². The number of rotatable bonds is 8. The fraction of sp³-hybridized carbons (Fsp3) is 0.786. The van der Waals surface area contributed by atoms with Gasteiger partial charge in [0.05, 0.1) is 17.9 Å². The van der Waals surface area contributed by atoms with E-state index in [-0.39, 0.29) is 6.04 Å². The molecule has 1 aromatic heterocycles. The first-order valence-corrected chi connectivity index (χ1v) is 9.12. The summed E-state index contributed by atoms with van der Waals surface area (Å²) in [6, 6.07) is -0.00101. The molecule has 0 aromatic carbocycles. The summed E-state index contributed by atoms with van der Waals surface area (Å²) >= 11 is 0. The number of hydrogen-bond acceptors (Lipinski definition) is 4. The fourth-order valence-corrected chi connectivity index (χ4v) is 4.37. The number of aryl methyl sites for hydroxylation is 1. The van der Waals surface area contributed by atoms with Crippen molar-refractivity contribution >= 4 is 10.0 Å². The summed E-state index contributed by atoms with van der Waals surface area (Å²) in [5, 5.41) is 7.59. The molecule has 1 heterocycles. The summed E-state index contributed by atoms with van der Waals surface area (Å²) in [6.07, 6.45) is 2.23. The minimum Gasteiger partial charge on any atom is -0.315 e. The highest BCUT2D eigenvalue weighted by Gasteiger charge is 2.33. The van der Waals surface area contributed by atoms with Gasteiger partial charge in [-0.2, -0.15) is 5.10 Å².